The van der Waals surface area contributed by atoms with Crippen LogP contribution in [0.2, 0.25) is 0 Å². The molecule has 0 saturated carbocycles. The Morgan fingerprint density at radius 2 is 1.88 bits per heavy atom. The Morgan fingerprint density at radius 1 is 1.25 bits per heavy atom. The fourth-order valence-corrected chi connectivity index (χ4v) is 2.67. The van der Waals surface area contributed by atoms with E-state index in [1.165, 1.54) is 24.5 Å². The Balaban J connectivity index is 2.51. The lowest BCUT2D eigenvalue weighted by atomic mass is 10.4. The molecule has 0 unspecified atom stereocenters. The second-order valence-corrected chi connectivity index (χ2v) is 5.70. The van der Waals surface area contributed by atoms with Gasteiger partial charge in [0.2, 0.25) is 0 Å². The molecule has 0 bridgehead atoms. The van der Waals surface area contributed by atoms with E-state index in [0.29, 0.717) is 4.47 Å². The standard InChI is InChI=1S/C9H6BrFN2O2S/c10-7-5-12-13(6-7)16(14,15)9-3-1-8(11)2-4-9/h1-6H. The molecule has 1 aromatic heterocycles. The normalized spacial score (nSPS) is 11.6. The minimum absolute atomic E-state index is 0.00972. The van der Waals surface area contributed by atoms with Gasteiger partial charge in [0, 0.05) is 0 Å². The fourth-order valence-electron chi connectivity index (χ4n) is 1.13. The summed E-state index contributed by atoms with van der Waals surface area (Å²) in [5.41, 5.74) is 0. The molecule has 84 valence electrons. The number of hydrogen-bond acceptors (Lipinski definition) is 3. The van der Waals surface area contributed by atoms with Crippen LogP contribution in [-0.4, -0.2) is 17.6 Å². The van der Waals surface area contributed by atoms with Crippen molar-refractivity contribution < 1.29 is 12.8 Å². The van der Waals surface area contributed by atoms with Crippen molar-refractivity contribution in [3.8, 4) is 0 Å². The Kier molecular flexibility index (Phi) is 2.81. The van der Waals surface area contributed by atoms with E-state index < -0.39 is 15.8 Å². The van der Waals surface area contributed by atoms with Gasteiger partial charge >= 0.3 is 0 Å². The summed E-state index contributed by atoms with van der Waals surface area (Å²) in [5, 5.41) is 3.67. The summed E-state index contributed by atoms with van der Waals surface area (Å²) in [4.78, 5) is -0.00972. The van der Waals surface area contributed by atoms with Crippen molar-refractivity contribution in [3.63, 3.8) is 0 Å². The molecule has 0 spiro atoms. The maximum atomic E-state index is 12.7. The van der Waals surface area contributed by atoms with Crippen molar-refractivity contribution >= 4 is 26.0 Å². The number of halogens is 2. The zero-order valence-corrected chi connectivity index (χ0v) is 10.2. The van der Waals surface area contributed by atoms with Gasteiger partial charge in [0.25, 0.3) is 10.0 Å². The molecular weight excluding hydrogens is 299 g/mol. The molecule has 0 fully saturated rings. The third-order valence-corrected chi connectivity index (χ3v) is 3.86. The third kappa shape index (κ3) is 2.00. The lowest BCUT2D eigenvalue weighted by Crippen LogP contribution is -2.13. The molecule has 0 saturated heterocycles. The summed E-state index contributed by atoms with van der Waals surface area (Å²) in [6, 6.07) is 4.57. The Hall–Kier alpha value is -1.21. The van der Waals surface area contributed by atoms with Gasteiger partial charge in [-0.15, -0.1) is 0 Å². The molecule has 1 heterocycles. The van der Waals surface area contributed by atoms with Crippen molar-refractivity contribution in [3.05, 3.63) is 46.9 Å². The first-order chi connectivity index (χ1) is 7.50. The van der Waals surface area contributed by atoms with Gasteiger partial charge in [0.1, 0.15) is 5.82 Å². The molecule has 0 radical (unpaired) electrons. The average molecular weight is 305 g/mol. The number of benzene rings is 1. The van der Waals surface area contributed by atoms with Crippen LogP contribution in [0.25, 0.3) is 0 Å². The predicted octanol–water partition coefficient (Wildman–Crippen LogP) is 2.02. The van der Waals surface area contributed by atoms with Crippen LogP contribution in [0, 0.1) is 5.82 Å². The second kappa shape index (κ2) is 3.99. The molecule has 4 nitrogen and oxygen atoms in total. The van der Waals surface area contributed by atoms with Crippen molar-refractivity contribution in [2.24, 2.45) is 0 Å². The molecule has 1 aromatic carbocycles. The molecule has 0 aliphatic rings. The van der Waals surface area contributed by atoms with Crippen molar-refractivity contribution in [1.29, 1.82) is 0 Å². The summed E-state index contributed by atoms with van der Waals surface area (Å²) >= 11 is 3.10. The number of aromatic nitrogens is 2. The van der Waals surface area contributed by atoms with E-state index in [1.807, 2.05) is 0 Å². The summed E-state index contributed by atoms with van der Waals surface area (Å²) in [6.07, 6.45) is 2.68. The second-order valence-electron chi connectivity index (χ2n) is 2.99. The van der Waals surface area contributed by atoms with E-state index in [2.05, 4.69) is 21.0 Å². The first-order valence-electron chi connectivity index (χ1n) is 4.21. The molecule has 2 rings (SSSR count). The molecule has 0 atom stereocenters. The van der Waals surface area contributed by atoms with Gasteiger partial charge in [-0.05, 0) is 40.2 Å². The third-order valence-electron chi connectivity index (χ3n) is 1.89. The van der Waals surface area contributed by atoms with E-state index in [9.17, 15) is 12.8 Å². The van der Waals surface area contributed by atoms with Crippen molar-refractivity contribution in [2.75, 3.05) is 0 Å². The maximum Gasteiger partial charge on any atom is 0.282 e. The van der Waals surface area contributed by atoms with Crippen LogP contribution < -0.4 is 0 Å². The number of rotatable bonds is 2. The molecule has 16 heavy (non-hydrogen) atoms. The van der Waals surface area contributed by atoms with E-state index in [4.69, 9.17) is 0 Å². The van der Waals surface area contributed by atoms with E-state index in [0.717, 1.165) is 16.2 Å². The largest absolute Gasteiger partial charge is 0.282 e. The average Bonchev–Trinajstić information content (AvgIpc) is 2.66. The Morgan fingerprint density at radius 3 is 2.38 bits per heavy atom. The van der Waals surface area contributed by atoms with Gasteiger partial charge in [-0.3, -0.25) is 0 Å². The van der Waals surface area contributed by atoms with E-state index in [-0.39, 0.29) is 4.90 Å². The highest BCUT2D eigenvalue weighted by molar-refractivity contribution is 9.10. The SMILES string of the molecule is O=S(=O)(c1ccc(F)cc1)n1cc(Br)cn1. The molecule has 0 aliphatic carbocycles. The van der Waals surface area contributed by atoms with Crippen LogP contribution in [0.1, 0.15) is 0 Å². The molecular formula is C9H6BrFN2O2S. The molecule has 0 amide bonds. The molecule has 0 aliphatic heterocycles. The minimum atomic E-state index is -3.73. The van der Waals surface area contributed by atoms with Gasteiger partial charge in [-0.2, -0.15) is 17.6 Å². The number of hydrogen-bond donors (Lipinski definition) is 0. The minimum Gasteiger partial charge on any atom is -0.207 e. The van der Waals surface area contributed by atoms with Gasteiger partial charge in [0.05, 0.1) is 21.8 Å². The van der Waals surface area contributed by atoms with Gasteiger partial charge in [0.15, 0.2) is 0 Å². The molecule has 0 N–H and O–H groups in total. The van der Waals surface area contributed by atoms with Crippen LogP contribution in [0.5, 0.6) is 0 Å². The maximum absolute atomic E-state index is 12.7. The predicted molar refractivity (Wildman–Crippen MR) is 58.9 cm³/mol. The lowest BCUT2D eigenvalue weighted by molar-refractivity contribution is 0.579. The van der Waals surface area contributed by atoms with Crippen LogP contribution in [-0.2, 0) is 10.0 Å². The summed E-state index contributed by atoms with van der Waals surface area (Å²) in [7, 11) is -3.73. The fraction of sp³-hybridized carbons (Fsp3) is 0. The lowest BCUT2D eigenvalue weighted by Gasteiger charge is -2.03. The highest BCUT2D eigenvalue weighted by atomic mass is 79.9. The van der Waals surface area contributed by atoms with Gasteiger partial charge in [-0.1, -0.05) is 0 Å². The summed E-state index contributed by atoms with van der Waals surface area (Å²) in [6.45, 7) is 0. The van der Waals surface area contributed by atoms with Crippen LogP contribution in [0.15, 0.2) is 46.0 Å². The smallest absolute Gasteiger partial charge is 0.207 e. The van der Waals surface area contributed by atoms with Crippen LogP contribution in [0.4, 0.5) is 4.39 Å². The van der Waals surface area contributed by atoms with Crippen LogP contribution in [0.3, 0.4) is 0 Å². The molecule has 7 heteroatoms. The molecule has 2 aromatic rings. The van der Waals surface area contributed by atoms with Crippen LogP contribution >= 0.6 is 15.9 Å². The zero-order chi connectivity index (χ0) is 11.8. The summed E-state index contributed by atoms with van der Waals surface area (Å²) < 4.78 is 37.9. The highest BCUT2D eigenvalue weighted by Crippen LogP contribution is 2.15. The zero-order valence-electron chi connectivity index (χ0n) is 7.84. The highest BCUT2D eigenvalue weighted by Gasteiger charge is 2.17. The van der Waals surface area contributed by atoms with Crippen molar-refractivity contribution in [2.45, 2.75) is 4.90 Å². The van der Waals surface area contributed by atoms with E-state index >= 15 is 0 Å². The Labute approximate surface area is 99.9 Å². The van der Waals surface area contributed by atoms with E-state index in [1.54, 1.807) is 0 Å². The van der Waals surface area contributed by atoms with Crippen molar-refractivity contribution in [1.82, 2.24) is 9.19 Å². The first-order valence-corrected chi connectivity index (χ1v) is 6.45. The van der Waals surface area contributed by atoms with Gasteiger partial charge in [-0.25, -0.2) is 4.39 Å². The quantitative estimate of drug-likeness (QED) is 0.853. The van der Waals surface area contributed by atoms with Gasteiger partial charge < -0.3 is 0 Å². The Bertz CT molecular complexity index is 607. The monoisotopic (exact) mass is 304 g/mol. The topological polar surface area (TPSA) is 52.0 Å². The summed E-state index contributed by atoms with van der Waals surface area (Å²) in [5.74, 6) is -0.486. The number of nitrogens with zero attached hydrogens (tertiary/aromatic N) is 2. The first kappa shape index (κ1) is 11.3.